The summed E-state index contributed by atoms with van der Waals surface area (Å²) >= 11 is 0. The van der Waals surface area contributed by atoms with Crippen LogP contribution in [0.15, 0.2) is 79.3 Å². The second kappa shape index (κ2) is 8.12. The molecule has 0 bridgehead atoms. The fourth-order valence-corrected chi connectivity index (χ4v) is 4.44. The van der Waals surface area contributed by atoms with Crippen molar-refractivity contribution in [3.63, 3.8) is 0 Å². The van der Waals surface area contributed by atoms with Crippen LogP contribution >= 0.6 is 0 Å². The molecule has 7 nitrogen and oxygen atoms in total. The maximum Gasteiger partial charge on any atom is 0.276 e. The van der Waals surface area contributed by atoms with E-state index in [1.54, 1.807) is 12.3 Å². The monoisotopic (exact) mass is 445 g/mol. The van der Waals surface area contributed by atoms with Gasteiger partial charge in [0.2, 0.25) is 0 Å². The number of nitrogens with zero attached hydrogens (tertiary/aromatic N) is 5. The summed E-state index contributed by atoms with van der Waals surface area (Å²) in [5.74, 6) is 0.585. The van der Waals surface area contributed by atoms with Gasteiger partial charge in [-0.1, -0.05) is 30.3 Å². The van der Waals surface area contributed by atoms with Gasteiger partial charge in [-0.05, 0) is 55.3 Å². The number of benzene rings is 2. The van der Waals surface area contributed by atoms with Gasteiger partial charge >= 0.3 is 0 Å². The largest absolute Gasteiger partial charge is 0.337 e. The molecule has 1 aliphatic heterocycles. The fraction of sp³-hybridized carbons (Fsp3) is 0.111. The van der Waals surface area contributed by atoms with Crippen LogP contribution in [0.1, 0.15) is 21.7 Å². The first kappa shape index (κ1) is 20.1. The summed E-state index contributed by atoms with van der Waals surface area (Å²) in [4.78, 5) is 28.9. The van der Waals surface area contributed by atoms with Crippen molar-refractivity contribution in [3.05, 3.63) is 102 Å². The smallest absolute Gasteiger partial charge is 0.276 e. The van der Waals surface area contributed by atoms with Gasteiger partial charge in [0.05, 0.1) is 5.69 Å². The second-order valence-electron chi connectivity index (χ2n) is 8.22. The van der Waals surface area contributed by atoms with Crippen molar-refractivity contribution in [3.8, 4) is 11.3 Å². The Morgan fingerprint density at radius 1 is 1.06 bits per heavy atom. The number of aryl methyl sites for hydroxylation is 1. The predicted molar refractivity (Wildman–Crippen MR) is 131 cm³/mol. The molecule has 34 heavy (non-hydrogen) atoms. The Bertz CT molecular complexity index is 1530. The van der Waals surface area contributed by atoms with Crippen LogP contribution in [0, 0.1) is 13.0 Å². The van der Waals surface area contributed by atoms with E-state index >= 15 is 0 Å². The zero-order valence-corrected chi connectivity index (χ0v) is 18.6. The highest BCUT2D eigenvalue weighted by molar-refractivity contribution is 6.06. The van der Waals surface area contributed by atoms with Gasteiger partial charge in [0.25, 0.3) is 5.91 Å². The van der Waals surface area contributed by atoms with Gasteiger partial charge in [0, 0.05) is 47.8 Å². The fourth-order valence-electron chi connectivity index (χ4n) is 4.44. The number of carbonyl (C=O) groups is 1. The third kappa shape index (κ3) is 3.47. The Balaban J connectivity index is 1.41. The molecule has 0 aliphatic carbocycles. The van der Waals surface area contributed by atoms with Crippen molar-refractivity contribution in [2.45, 2.75) is 13.3 Å². The van der Waals surface area contributed by atoms with E-state index in [4.69, 9.17) is 4.98 Å². The molecule has 0 unspecified atom stereocenters. The maximum atomic E-state index is 13.2. The molecule has 2 aromatic carbocycles. The zero-order chi connectivity index (χ0) is 23.1. The topological polar surface area (TPSA) is 75.4 Å². The Hall–Kier alpha value is -4.52. The Morgan fingerprint density at radius 2 is 1.91 bits per heavy atom. The highest BCUT2D eigenvalue weighted by Crippen LogP contribution is 2.37. The Labute approximate surface area is 196 Å². The number of imidazole rings is 1. The average Bonchev–Trinajstić information content (AvgIpc) is 3.51. The first-order valence-electron chi connectivity index (χ1n) is 11.1. The van der Waals surface area contributed by atoms with Crippen LogP contribution in [-0.2, 0) is 6.42 Å². The van der Waals surface area contributed by atoms with Crippen LogP contribution < -0.4 is 10.2 Å². The van der Waals surface area contributed by atoms with Gasteiger partial charge in [-0.3, -0.25) is 4.79 Å². The third-order valence-corrected chi connectivity index (χ3v) is 6.01. The molecule has 1 N–H and O–H groups in total. The summed E-state index contributed by atoms with van der Waals surface area (Å²) in [6, 6.07) is 22.2. The molecule has 165 valence electrons. The third-order valence-electron chi connectivity index (χ3n) is 6.01. The lowest BCUT2D eigenvalue weighted by molar-refractivity contribution is 0.0984. The summed E-state index contributed by atoms with van der Waals surface area (Å²) in [6.07, 6.45) is 6.40. The van der Waals surface area contributed by atoms with Gasteiger partial charge < -0.3 is 14.6 Å². The molecule has 0 saturated heterocycles. The number of hydrogen-bond acceptors (Lipinski definition) is 5. The van der Waals surface area contributed by atoms with Crippen molar-refractivity contribution >= 4 is 28.7 Å². The number of amides is 1. The minimum absolute atomic E-state index is 0.0825. The van der Waals surface area contributed by atoms with E-state index in [9.17, 15) is 4.79 Å². The van der Waals surface area contributed by atoms with Crippen LogP contribution in [0.25, 0.3) is 16.9 Å². The van der Waals surface area contributed by atoms with E-state index in [0.29, 0.717) is 18.1 Å². The van der Waals surface area contributed by atoms with E-state index in [1.165, 1.54) is 0 Å². The molecule has 1 aliphatic rings. The van der Waals surface area contributed by atoms with Crippen molar-refractivity contribution in [2.24, 2.45) is 0 Å². The van der Waals surface area contributed by atoms with E-state index in [0.717, 1.165) is 46.0 Å². The summed E-state index contributed by atoms with van der Waals surface area (Å²) < 4.78 is 1.97. The molecule has 7 heteroatoms. The van der Waals surface area contributed by atoms with Crippen molar-refractivity contribution < 1.29 is 4.79 Å². The molecule has 1 amide bonds. The van der Waals surface area contributed by atoms with Crippen molar-refractivity contribution in [2.75, 3.05) is 16.8 Å². The lowest BCUT2D eigenvalue weighted by atomic mass is 10.0. The van der Waals surface area contributed by atoms with Crippen LogP contribution in [0.4, 0.5) is 17.2 Å². The molecular weight excluding hydrogens is 424 g/mol. The van der Waals surface area contributed by atoms with Crippen LogP contribution in [0.3, 0.4) is 0 Å². The number of pyridine rings is 1. The van der Waals surface area contributed by atoms with Gasteiger partial charge in [0.1, 0.15) is 5.69 Å². The van der Waals surface area contributed by atoms with Crippen LogP contribution in [0.2, 0.25) is 0 Å². The first-order valence-corrected chi connectivity index (χ1v) is 11.1. The van der Waals surface area contributed by atoms with E-state index in [1.807, 2.05) is 77.1 Å². The lowest BCUT2D eigenvalue weighted by Gasteiger charge is -2.18. The zero-order valence-electron chi connectivity index (χ0n) is 18.6. The molecule has 6 rings (SSSR count). The van der Waals surface area contributed by atoms with E-state index in [-0.39, 0.29) is 5.91 Å². The van der Waals surface area contributed by atoms with Gasteiger partial charge in [-0.25, -0.2) is 15.0 Å². The summed E-state index contributed by atoms with van der Waals surface area (Å²) in [5, 5.41) is 3.38. The molecule has 0 saturated carbocycles. The number of fused-ring (bicyclic) bond motifs is 2. The summed E-state index contributed by atoms with van der Waals surface area (Å²) in [5.41, 5.74) is 6.78. The number of rotatable bonds is 4. The predicted octanol–water partition coefficient (Wildman–Crippen LogP) is 4.85. The second-order valence-corrected chi connectivity index (χ2v) is 8.22. The lowest BCUT2D eigenvalue weighted by Crippen LogP contribution is -2.29. The van der Waals surface area contributed by atoms with Gasteiger partial charge in [0.15, 0.2) is 11.5 Å². The number of anilines is 3. The SMILES string of the molecule is Cc1cccc(C(=O)N2CCc3c(-c4cn5ccnc5c(Nc5cc[c]cc5)n4)cccc32)n1. The molecule has 5 aromatic rings. The first-order chi connectivity index (χ1) is 16.7. The molecule has 0 spiro atoms. The summed E-state index contributed by atoms with van der Waals surface area (Å²) in [6.45, 7) is 2.50. The molecule has 4 heterocycles. The number of hydrogen-bond donors (Lipinski definition) is 1. The van der Waals surface area contributed by atoms with Gasteiger partial charge in [-0.15, -0.1) is 0 Å². The molecular formula is C27H21N6O. The standard InChI is InChI=1S/C27H21N6O/c1-18-7-5-11-22(29-18)27(34)33-15-13-21-20(10-6-12-24(21)33)23-17-32-16-14-28-26(32)25(31-23)30-19-8-3-2-4-9-19/h3-12,14,16-17H,13,15H2,1H3,(H,30,31). The highest BCUT2D eigenvalue weighted by atomic mass is 16.2. The van der Waals surface area contributed by atoms with Crippen molar-refractivity contribution in [1.29, 1.82) is 0 Å². The van der Waals surface area contributed by atoms with E-state index < -0.39 is 0 Å². The van der Waals surface area contributed by atoms with Crippen molar-refractivity contribution in [1.82, 2.24) is 19.4 Å². The quantitative estimate of drug-likeness (QED) is 0.428. The molecule has 0 fully saturated rings. The molecule has 0 atom stereocenters. The number of aromatic nitrogens is 4. The summed E-state index contributed by atoms with van der Waals surface area (Å²) in [7, 11) is 0. The average molecular weight is 446 g/mol. The number of carbonyl (C=O) groups excluding carboxylic acids is 1. The van der Waals surface area contributed by atoms with Crippen LogP contribution in [0.5, 0.6) is 0 Å². The minimum Gasteiger partial charge on any atom is -0.337 e. The normalized spacial score (nSPS) is 12.7. The van der Waals surface area contributed by atoms with Crippen LogP contribution in [-0.4, -0.2) is 31.8 Å². The molecule has 1 radical (unpaired) electrons. The Kier molecular flexibility index (Phi) is 4.80. The van der Waals surface area contributed by atoms with E-state index in [2.05, 4.69) is 27.4 Å². The molecule has 3 aromatic heterocycles. The van der Waals surface area contributed by atoms with Gasteiger partial charge in [-0.2, -0.15) is 0 Å². The maximum absolute atomic E-state index is 13.2. The highest BCUT2D eigenvalue weighted by Gasteiger charge is 2.29. The number of nitrogens with one attached hydrogen (secondary N) is 1. The minimum atomic E-state index is -0.0825. The Morgan fingerprint density at radius 3 is 2.76 bits per heavy atom.